The quantitative estimate of drug-likeness (QED) is 0.909. The Morgan fingerprint density at radius 2 is 2.00 bits per heavy atom. The standard InChI is InChI=1S/C15H24N2O2.ClH/c1-11-6-7-12(8-13(11)19-5)14(18)17(4)10-15(2,3)9-16;/h6-8H,9-10,16H2,1-5H3;1H. The highest BCUT2D eigenvalue weighted by atomic mass is 35.5. The molecule has 0 aliphatic rings. The van der Waals surface area contributed by atoms with E-state index in [4.69, 9.17) is 10.5 Å². The van der Waals surface area contributed by atoms with Gasteiger partial charge in [0.15, 0.2) is 0 Å². The van der Waals surface area contributed by atoms with Gasteiger partial charge >= 0.3 is 0 Å². The summed E-state index contributed by atoms with van der Waals surface area (Å²) in [7, 11) is 3.41. The van der Waals surface area contributed by atoms with Gasteiger partial charge in [-0.1, -0.05) is 19.9 Å². The van der Waals surface area contributed by atoms with Gasteiger partial charge in [-0.25, -0.2) is 0 Å². The summed E-state index contributed by atoms with van der Waals surface area (Å²) in [6.07, 6.45) is 0. The molecule has 0 heterocycles. The summed E-state index contributed by atoms with van der Waals surface area (Å²) in [4.78, 5) is 14.1. The van der Waals surface area contributed by atoms with E-state index >= 15 is 0 Å². The molecule has 1 rings (SSSR count). The van der Waals surface area contributed by atoms with E-state index in [9.17, 15) is 4.79 Å². The number of hydrogen-bond acceptors (Lipinski definition) is 3. The molecule has 0 saturated carbocycles. The highest BCUT2D eigenvalue weighted by Gasteiger charge is 2.22. The molecule has 0 bridgehead atoms. The first-order chi connectivity index (χ1) is 8.80. The molecule has 2 N–H and O–H groups in total. The van der Waals surface area contributed by atoms with Gasteiger partial charge in [-0.2, -0.15) is 0 Å². The number of hydrogen-bond donors (Lipinski definition) is 1. The highest BCUT2D eigenvalue weighted by Crippen LogP contribution is 2.21. The lowest BCUT2D eigenvalue weighted by molar-refractivity contribution is 0.0740. The minimum absolute atomic E-state index is 0. The smallest absolute Gasteiger partial charge is 0.253 e. The first-order valence-corrected chi connectivity index (χ1v) is 6.41. The molecule has 0 unspecified atom stereocenters. The molecule has 5 heteroatoms. The molecule has 1 amide bonds. The fourth-order valence-electron chi connectivity index (χ4n) is 1.95. The minimum atomic E-state index is -0.0841. The van der Waals surface area contributed by atoms with Gasteiger partial charge in [-0.3, -0.25) is 4.79 Å². The van der Waals surface area contributed by atoms with Crippen molar-refractivity contribution in [3.05, 3.63) is 29.3 Å². The zero-order valence-electron chi connectivity index (χ0n) is 12.9. The summed E-state index contributed by atoms with van der Waals surface area (Å²) in [6, 6.07) is 5.50. The van der Waals surface area contributed by atoms with E-state index in [2.05, 4.69) is 0 Å². The van der Waals surface area contributed by atoms with Crippen molar-refractivity contribution in [1.29, 1.82) is 0 Å². The van der Waals surface area contributed by atoms with Crippen LogP contribution in [0.25, 0.3) is 0 Å². The summed E-state index contributed by atoms with van der Waals surface area (Å²) in [5, 5.41) is 0. The summed E-state index contributed by atoms with van der Waals surface area (Å²) >= 11 is 0. The Balaban J connectivity index is 0.00000361. The van der Waals surface area contributed by atoms with Crippen molar-refractivity contribution in [3.63, 3.8) is 0 Å². The van der Waals surface area contributed by atoms with E-state index < -0.39 is 0 Å². The summed E-state index contributed by atoms with van der Waals surface area (Å²) < 4.78 is 5.25. The van der Waals surface area contributed by atoms with Gasteiger partial charge in [0, 0.05) is 19.2 Å². The molecule has 0 atom stereocenters. The van der Waals surface area contributed by atoms with Gasteiger partial charge in [-0.05, 0) is 36.6 Å². The molecule has 1 aromatic carbocycles. The van der Waals surface area contributed by atoms with Crippen LogP contribution in [0, 0.1) is 12.3 Å². The Morgan fingerprint density at radius 3 is 2.50 bits per heavy atom. The van der Waals surface area contributed by atoms with Gasteiger partial charge in [0.05, 0.1) is 7.11 Å². The lowest BCUT2D eigenvalue weighted by Gasteiger charge is -2.29. The van der Waals surface area contributed by atoms with Crippen LogP contribution in [0.15, 0.2) is 18.2 Å². The lowest BCUT2D eigenvalue weighted by atomic mass is 9.93. The van der Waals surface area contributed by atoms with Gasteiger partial charge in [0.25, 0.3) is 5.91 Å². The third kappa shape index (κ3) is 4.69. The zero-order chi connectivity index (χ0) is 14.6. The van der Waals surface area contributed by atoms with Gasteiger partial charge in [-0.15, -0.1) is 12.4 Å². The first kappa shape index (κ1) is 18.7. The van der Waals surface area contributed by atoms with E-state index in [-0.39, 0.29) is 23.7 Å². The predicted molar refractivity (Wildman–Crippen MR) is 84.8 cm³/mol. The molecule has 0 radical (unpaired) electrons. The number of nitrogens with zero attached hydrogens (tertiary/aromatic N) is 1. The van der Waals surface area contributed by atoms with Crippen LogP contribution in [-0.4, -0.2) is 38.1 Å². The van der Waals surface area contributed by atoms with Gasteiger partial charge in [0.1, 0.15) is 5.75 Å². The third-order valence-electron chi connectivity index (χ3n) is 3.22. The molecular formula is C15H25ClN2O2. The Morgan fingerprint density at radius 1 is 1.40 bits per heavy atom. The minimum Gasteiger partial charge on any atom is -0.496 e. The maximum atomic E-state index is 12.3. The van der Waals surface area contributed by atoms with Crippen molar-refractivity contribution < 1.29 is 9.53 Å². The van der Waals surface area contributed by atoms with Gasteiger partial charge in [0.2, 0.25) is 0 Å². The number of halogens is 1. The summed E-state index contributed by atoms with van der Waals surface area (Å²) in [5.41, 5.74) is 7.27. The number of aryl methyl sites for hydroxylation is 1. The molecule has 20 heavy (non-hydrogen) atoms. The number of carbonyl (C=O) groups excluding carboxylic acids is 1. The van der Waals surface area contributed by atoms with Crippen LogP contribution in [-0.2, 0) is 0 Å². The molecule has 0 saturated heterocycles. The number of amides is 1. The van der Waals surface area contributed by atoms with E-state index in [0.29, 0.717) is 18.7 Å². The Hall–Kier alpha value is -1.26. The zero-order valence-corrected chi connectivity index (χ0v) is 13.7. The average molecular weight is 301 g/mol. The van der Waals surface area contributed by atoms with Crippen LogP contribution in [0.1, 0.15) is 29.8 Å². The molecule has 1 aromatic rings. The fraction of sp³-hybridized carbons (Fsp3) is 0.533. The second-order valence-corrected chi connectivity index (χ2v) is 5.71. The number of nitrogens with two attached hydrogens (primary N) is 1. The maximum Gasteiger partial charge on any atom is 0.253 e. The lowest BCUT2D eigenvalue weighted by Crippen LogP contribution is -2.39. The van der Waals surface area contributed by atoms with Crippen LogP contribution >= 0.6 is 12.4 Å². The van der Waals surface area contributed by atoms with Crippen molar-refractivity contribution in [1.82, 2.24) is 4.90 Å². The number of rotatable bonds is 5. The fourth-order valence-corrected chi connectivity index (χ4v) is 1.95. The van der Waals surface area contributed by atoms with Gasteiger partial charge < -0.3 is 15.4 Å². The number of ether oxygens (including phenoxy) is 1. The van der Waals surface area contributed by atoms with Crippen molar-refractivity contribution in [2.45, 2.75) is 20.8 Å². The molecule has 0 aliphatic heterocycles. The van der Waals surface area contributed by atoms with E-state index in [1.54, 1.807) is 25.1 Å². The second kappa shape index (κ2) is 7.50. The SMILES string of the molecule is COc1cc(C(=O)N(C)CC(C)(C)CN)ccc1C.Cl. The number of methoxy groups -OCH3 is 1. The van der Waals surface area contributed by atoms with E-state index in [1.807, 2.05) is 32.9 Å². The van der Waals surface area contributed by atoms with E-state index in [1.165, 1.54) is 0 Å². The Labute approximate surface area is 127 Å². The molecule has 114 valence electrons. The average Bonchev–Trinajstić information content (AvgIpc) is 2.38. The molecule has 0 aromatic heterocycles. The first-order valence-electron chi connectivity index (χ1n) is 6.41. The molecular weight excluding hydrogens is 276 g/mol. The number of benzene rings is 1. The molecule has 0 fully saturated rings. The largest absolute Gasteiger partial charge is 0.496 e. The molecule has 4 nitrogen and oxygen atoms in total. The second-order valence-electron chi connectivity index (χ2n) is 5.71. The van der Waals surface area contributed by atoms with Crippen LogP contribution < -0.4 is 10.5 Å². The van der Waals surface area contributed by atoms with Crippen LogP contribution in [0.5, 0.6) is 5.75 Å². The highest BCUT2D eigenvalue weighted by molar-refractivity contribution is 5.94. The monoisotopic (exact) mass is 300 g/mol. The van der Waals surface area contributed by atoms with Crippen molar-refractivity contribution in [3.8, 4) is 5.75 Å². The van der Waals surface area contributed by atoms with Crippen LogP contribution in [0.3, 0.4) is 0 Å². The van der Waals surface area contributed by atoms with Crippen LogP contribution in [0.4, 0.5) is 0 Å². The Kier molecular flexibility index (Phi) is 7.03. The third-order valence-corrected chi connectivity index (χ3v) is 3.22. The summed E-state index contributed by atoms with van der Waals surface area (Å²) in [6.45, 7) is 7.22. The normalized spacial score (nSPS) is 10.7. The predicted octanol–water partition coefficient (Wildman–Crippen LogP) is 2.48. The maximum absolute atomic E-state index is 12.3. The van der Waals surface area contributed by atoms with Crippen molar-refractivity contribution >= 4 is 18.3 Å². The molecule has 0 spiro atoms. The van der Waals surface area contributed by atoms with Crippen molar-refractivity contribution in [2.24, 2.45) is 11.1 Å². The number of carbonyl (C=O) groups is 1. The van der Waals surface area contributed by atoms with Crippen molar-refractivity contribution in [2.75, 3.05) is 27.2 Å². The van der Waals surface area contributed by atoms with E-state index in [0.717, 1.165) is 11.3 Å². The van der Waals surface area contributed by atoms with Crippen LogP contribution in [0.2, 0.25) is 0 Å². The Bertz CT molecular complexity index is 461. The molecule has 0 aliphatic carbocycles. The topological polar surface area (TPSA) is 55.6 Å². The summed E-state index contributed by atoms with van der Waals surface area (Å²) in [5.74, 6) is 0.720.